The fourth-order valence-corrected chi connectivity index (χ4v) is 3.91. The maximum absolute atomic E-state index is 13.6. The molecule has 2 amide bonds. The zero-order chi connectivity index (χ0) is 23.0. The molecule has 162 valence electrons. The van der Waals surface area contributed by atoms with Crippen molar-refractivity contribution in [2.24, 2.45) is 0 Å². The van der Waals surface area contributed by atoms with E-state index in [1.807, 2.05) is 68.4 Å². The van der Waals surface area contributed by atoms with Gasteiger partial charge >= 0.3 is 0 Å². The lowest BCUT2D eigenvalue weighted by Crippen LogP contribution is -2.32. The van der Waals surface area contributed by atoms with Crippen molar-refractivity contribution in [3.05, 3.63) is 99.7 Å². The number of rotatable bonds is 5. The Kier molecular flexibility index (Phi) is 5.90. The van der Waals surface area contributed by atoms with Gasteiger partial charge in [-0.2, -0.15) is 0 Å². The summed E-state index contributed by atoms with van der Waals surface area (Å²) in [6.07, 6.45) is 0. The van der Waals surface area contributed by atoms with Crippen molar-refractivity contribution in [2.45, 2.75) is 33.6 Å². The molecule has 0 spiro atoms. The largest absolute Gasteiger partial charge is 0.350 e. The van der Waals surface area contributed by atoms with Gasteiger partial charge in [0.2, 0.25) is 0 Å². The average Bonchev–Trinajstić information content (AvgIpc) is 3.01. The van der Waals surface area contributed by atoms with Gasteiger partial charge in [0.1, 0.15) is 5.70 Å². The van der Waals surface area contributed by atoms with Crippen LogP contribution < -0.4 is 10.2 Å². The quantitative estimate of drug-likeness (QED) is 0.458. The SMILES string of the molecule is Cc1ccc(C2=C(Nc3cc(Cl)ccc3C)C(=O)N(c3ccc(C(C)C)cc3)C2=O)cc1. The lowest BCUT2D eigenvalue weighted by atomic mass is 10.0. The summed E-state index contributed by atoms with van der Waals surface area (Å²) in [5.41, 5.74) is 5.67. The van der Waals surface area contributed by atoms with Crippen LogP contribution in [0.3, 0.4) is 0 Å². The Balaban J connectivity index is 1.81. The number of anilines is 2. The average molecular weight is 445 g/mol. The summed E-state index contributed by atoms with van der Waals surface area (Å²) in [5.74, 6) is -0.376. The summed E-state index contributed by atoms with van der Waals surface area (Å²) in [5, 5.41) is 3.76. The predicted octanol–water partition coefficient (Wildman–Crippen LogP) is 6.48. The first kappa shape index (κ1) is 21.8. The summed E-state index contributed by atoms with van der Waals surface area (Å²) in [6, 6.07) is 20.6. The van der Waals surface area contributed by atoms with Gasteiger partial charge in [-0.05, 0) is 60.7 Å². The van der Waals surface area contributed by atoms with Gasteiger partial charge < -0.3 is 5.32 Å². The monoisotopic (exact) mass is 444 g/mol. The number of aryl methyl sites for hydroxylation is 2. The number of hydrogen-bond acceptors (Lipinski definition) is 3. The Bertz CT molecular complexity index is 1230. The number of benzene rings is 3. The van der Waals surface area contributed by atoms with E-state index >= 15 is 0 Å². The van der Waals surface area contributed by atoms with E-state index in [9.17, 15) is 9.59 Å². The van der Waals surface area contributed by atoms with E-state index in [4.69, 9.17) is 11.6 Å². The molecule has 1 heterocycles. The molecule has 0 atom stereocenters. The molecule has 0 aliphatic carbocycles. The fourth-order valence-electron chi connectivity index (χ4n) is 3.74. The van der Waals surface area contributed by atoms with Gasteiger partial charge in [-0.15, -0.1) is 0 Å². The van der Waals surface area contributed by atoms with Gasteiger partial charge in [-0.25, -0.2) is 4.90 Å². The van der Waals surface area contributed by atoms with Crippen molar-refractivity contribution in [1.29, 1.82) is 0 Å². The maximum atomic E-state index is 13.6. The predicted molar refractivity (Wildman–Crippen MR) is 131 cm³/mol. The maximum Gasteiger partial charge on any atom is 0.282 e. The third-order valence-corrected chi connectivity index (χ3v) is 5.94. The molecule has 0 bridgehead atoms. The third-order valence-electron chi connectivity index (χ3n) is 5.70. The number of carbonyl (C=O) groups excluding carboxylic acids is 2. The minimum absolute atomic E-state index is 0.247. The van der Waals surface area contributed by atoms with Crippen LogP contribution in [0.25, 0.3) is 5.57 Å². The standard InChI is InChI=1S/C27H25ClN2O2/c1-16(2)19-10-13-22(14-11-19)30-26(31)24(20-8-5-17(3)6-9-20)25(27(30)32)29-23-15-21(28)12-7-18(23)4/h5-16,29H,1-4H3. The van der Waals surface area contributed by atoms with Crippen LogP contribution in [0.2, 0.25) is 5.02 Å². The second kappa shape index (κ2) is 8.64. The van der Waals surface area contributed by atoms with Gasteiger partial charge in [0.15, 0.2) is 0 Å². The smallest absolute Gasteiger partial charge is 0.282 e. The highest BCUT2D eigenvalue weighted by atomic mass is 35.5. The molecule has 3 aromatic carbocycles. The van der Waals surface area contributed by atoms with Crippen LogP contribution in [-0.4, -0.2) is 11.8 Å². The Labute approximate surface area is 193 Å². The molecule has 0 saturated carbocycles. The molecule has 0 saturated heterocycles. The first-order valence-corrected chi connectivity index (χ1v) is 11.0. The van der Waals surface area contributed by atoms with Gasteiger partial charge in [-0.1, -0.05) is 73.5 Å². The highest BCUT2D eigenvalue weighted by Crippen LogP contribution is 2.35. The molecular formula is C27H25ClN2O2. The van der Waals surface area contributed by atoms with E-state index in [0.29, 0.717) is 33.5 Å². The van der Waals surface area contributed by atoms with Crippen LogP contribution in [0.15, 0.2) is 72.4 Å². The molecule has 5 heteroatoms. The molecule has 1 aliphatic rings. The van der Waals surface area contributed by atoms with E-state index in [2.05, 4.69) is 19.2 Å². The Morgan fingerprint density at radius 1 is 0.844 bits per heavy atom. The molecule has 3 aromatic rings. The van der Waals surface area contributed by atoms with Crippen molar-refractivity contribution in [3.8, 4) is 0 Å². The summed E-state index contributed by atoms with van der Waals surface area (Å²) in [7, 11) is 0. The van der Waals surface area contributed by atoms with Crippen LogP contribution in [0.1, 0.15) is 42.0 Å². The van der Waals surface area contributed by atoms with Crippen molar-refractivity contribution in [2.75, 3.05) is 10.2 Å². The zero-order valence-electron chi connectivity index (χ0n) is 18.6. The molecular weight excluding hydrogens is 420 g/mol. The summed E-state index contributed by atoms with van der Waals surface area (Å²) < 4.78 is 0. The minimum Gasteiger partial charge on any atom is -0.350 e. The van der Waals surface area contributed by atoms with E-state index < -0.39 is 0 Å². The minimum atomic E-state index is -0.387. The van der Waals surface area contributed by atoms with Crippen LogP contribution in [0, 0.1) is 13.8 Å². The highest BCUT2D eigenvalue weighted by molar-refractivity contribution is 6.46. The van der Waals surface area contributed by atoms with Crippen molar-refractivity contribution < 1.29 is 9.59 Å². The Morgan fingerprint density at radius 2 is 1.50 bits per heavy atom. The lowest BCUT2D eigenvalue weighted by Gasteiger charge is -2.17. The number of amides is 2. The van der Waals surface area contributed by atoms with Crippen LogP contribution in [-0.2, 0) is 9.59 Å². The van der Waals surface area contributed by atoms with Crippen molar-refractivity contribution in [1.82, 2.24) is 0 Å². The molecule has 0 aromatic heterocycles. The number of hydrogen-bond donors (Lipinski definition) is 1. The van der Waals surface area contributed by atoms with Crippen LogP contribution in [0.4, 0.5) is 11.4 Å². The molecule has 1 N–H and O–H groups in total. The summed E-state index contributed by atoms with van der Waals surface area (Å²) >= 11 is 6.18. The normalized spacial score (nSPS) is 14.0. The highest BCUT2D eigenvalue weighted by Gasteiger charge is 2.40. The van der Waals surface area contributed by atoms with Crippen molar-refractivity contribution >= 4 is 40.4 Å². The molecule has 1 aliphatic heterocycles. The molecule has 0 radical (unpaired) electrons. The van der Waals surface area contributed by atoms with Gasteiger partial charge in [-0.3, -0.25) is 9.59 Å². The lowest BCUT2D eigenvalue weighted by molar-refractivity contribution is -0.120. The van der Waals surface area contributed by atoms with Crippen LogP contribution in [0.5, 0.6) is 0 Å². The first-order valence-electron chi connectivity index (χ1n) is 10.6. The summed E-state index contributed by atoms with van der Waals surface area (Å²) in [4.78, 5) is 28.3. The van der Waals surface area contributed by atoms with E-state index in [1.54, 1.807) is 12.1 Å². The van der Waals surface area contributed by atoms with E-state index in [1.165, 1.54) is 4.90 Å². The van der Waals surface area contributed by atoms with Gasteiger partial charge in [0.05, 0.1) is 11.3 Å². The Hall–Kier alpha value is -3.37. The second-order valence-electron chi connectivity index (χ2n) is 8.39. The number of nitrogens with zero attached hydrogens (tertiary/aromatic N) is 1. The molecule has 4 rings (SSSR count). The molecule has 32 heavy (non-hydrogen) atoms. The number of nitrogens with one attached hydrogen (secondary N) is 1. The topological polar surface area (TPSA) is 49.4 Å². The number of halogens is 1. The zero-order valence-corrected chi connectivity index (χ0v) is 19.3. The summed E-state index contributed by atoms with van der Waals surface area (Å²) in [6.45, 7) is 8.12. The molecule has 0 fully saturated rings. The van der Waals surface area contributed by atoms with Crippen molar-refractivity contribution in [3.63, 3.8) is 0 Å². The Morgan fingerprint density at radius 3 is 2.12 bits per heavy atom. The molecule has 4 nitrogen and oxygen atoms in total. The first-order chi connectivity index (χ1) is 15.3. The van der Waals surface area contributed by atoms with Gasteiger partial charge in [0, 0.05) is 10.7 Å². The fraction of sp³-hybridized carbons (Fsp3) is 0.185. The third kappa shape index (κ3) is 4.06. The number of carbonyl (C=O) groups is 2. The van der Waals surface area contributed by atoms with E-state index in [-0.39, 0.29) is 17.5 Å². The van der Waals surface area contributed by atoms with Crippen LogP contribution >= 0.6 is 11.6 Å². The van der Waals surface area contributed by atoms with Gasteiger partial charge in [0.25, 0.3) is 11.8 Å². The number of imide groups is 1. The second-order valence-corrected chi connectivity index (χ2v) is 8.83. The van der Waals surface area contributed by atoms with E-state index in [0.717, 1.165) is 16.7 Å². The molecule has 0 unspecified atom stereocenters.